The number of halogens is 4. The molecule has 4 aromatic carbocycles. The number of carbonyl (C=O) groups excluding carboxylic acids is 16. The van der Waals surface area contributed by atoms with Crippen LogP contribution in [0.5, 0.6) is 0 Å². The van der Waals surface area contributed by atoms with Crippen molar-refractivity contribution in [3.05, 3.63) is 180 Å². The summed E-state index contributed by atoms with van der Waals surface area (Å²) in [6.07, 6.45) is -8.43. The van der Waals surface area contributed by atoms with E-state index < -0.39 is 355 Å². The van der Waals surface area contributed by atoms with Gasteiger partial charge < -0.3 is 119 Å². The van der Waals surface area contributed by atoms with Crippen LogP contribution in [0.3, 0.4) is 0 Å². The van der Waals surface area contributed by atoms with Gasteiger partial charge in [-0.05, 0) is 109 Å². The van der Waals surface area contributed by atoms with Gasteiger partial charge in [-0.3, -0.25) is 91.2 Å². The maximum atomic E-state index is 15.8. The molecule has 10 atom stereocenters. The molecule has 45 nitrogen and oxygen atoms in total. The number of amides is 16. The van der Waals surface area contributed by atoms with Crippen molar-refractivity contribution < 1.29 is 154 Å². The van der Waals surface area contributed by atoms with Crippen molar-refractivity contribution in [1.82, 2.24) is 71.3 Å². The number of nitrogens with one attached hydrogen (secondary N) is 8. The Hall–Kier alpha value is -16.1. The van der Waals surface area contributed by atoms with Gasteiger partial charge in [-0.1, -0.05) is 102 Å². The van der Waals surface area contributed by atoms with E-state index in [4.69, 9.17) is 17.2 Å². The minimum absolute atomic E-state index is 0.0202. The highest BCUT2D eigenvalue weighted by molar-refractivity contribution is 6.15. The lowest BCUT2D eigenvalue weighted by molar-refractivity contribution is -0.154. The molecule has 2 aromatic heterocycles. The van der Waals surface area contributed by atoms with Gasteiger partial charge in [-0.15, -0.1) is 0 Å². The van der Waals surface area contributed by atoms with Crippen molar-refractivity contribution in [1.29, 1.82) is 0 Å². The highest BCUT2D eigenvalue weighted by atomic mass is 19.1. The quantitative estimate of drug-likeness (QED) is 0.0185. The highest BCUT2D eigenvalue weighted by Crippen LogP contribution is 2.44. The molecule has 0 bridgehead atoms. The smallest absolute Gasteiger partial charge is 0.326 e. The summed E-state index contributed by atoms with van der Waals surface area (Å²) in [5, 5.41) is 88.3. The zero-order valence-corrected chi connectivity index (χ0v) is 79.9. The van der Waals surface area contributed by atoms with Gasteiger partial charge in [0.05, 0.1) is 24.9 Å². The number of aromatic nitrogens is 2. The Morgan fingerprint density at radius 3 is 1.14 bits per heavy atom. The van der Waals surface area contributed by atoms with Crippen LogP contribution in [0.25, 0.3) is 22.3 Å². The molecule has 0 radical (unpaired) electrons. The van der Waals surface area contributed by atoms with Gasteiger partial charge in [-0.25, -0.2) is 31.9 Å². The fraction of sp³-hybridized carbons (Fsp3) is 0.427. The van der Waals surface area contributed by atoms with Crippen LogP contribution in [0.2, 0.25) is 0 Å². The van der Waals surface area contributed by atoms with Crippen molar-refractivity contribution >= 4 is 124 Å². The number of aliphatic carboxylic acids is 5. The number of aliphatic hydroxyl groups is 2. The summed E-state index contributed by atoms with van der Waals surface area (Å²) in [4.78, 5) is 290. The van der Waals surface area contributed by atoms with E-state index >= 15 is 32.3 Å². The molecule has 0 fully saturated rings. The van der Waals surface area contributed by atoms with Crippen LogP contribution in [-0.4, -0.2) is 283 Å². The van der Waals surface area contributed by atoms with Crippen LogP contribution in [0, 0.1) is 34.1 Å². The molecule has 0 spiro atoms. The first-order chi connectivity index (χ1) is 68.2. The molecule has 1 aliphatic rings. The second kappa shape index (κ2) is 53.7. The Morgan fingerprint density at radius 1 is 0.393 bits per heavy atom. The lowest BCUT2D eigenvalue weighted by Gasteiger charge is -2.41. The van der Waals surface area contributed by atoms with Gasteiger partial charge in [0.1, 0.15) is 91.4 Å². The maximum absolute atomic E-state index is 15.8. The number of rotatable bonds is 58. The predicted octanol–water partition coefficient (Wildman–Crippen LogP) is 0.765. The predicted molar refractivity (Wildman–Crippen MR) is 501 cm³/mol. The first-order valence-electron chi connectivity index (χ1n) is 45.6. The van der Waals surface area contributed by atoms with Crippen molar-refractivity contribution in [2.24, 2.45) is 28.0 Å². The number of nitrogens with zero attached hydrogens (tertiary/aromatic N) is 6. The molecule has 782 valence electrons. The summed E-state index contributed by atoms with van der Waals surface area (Å²) in [6, 6.07) is 5.45. The lowest BCUT2D eigenvalue weighted by atomic mass is 9.82. The topological polar surface area (TPSA) is 697 Å². The SMILES string of the molecule is CC(C)(C)[C@H](c1cc(-c2cc(F)ccc2F)cn1Cc1ccccc1)N(CC[C@H](NC(=O)[C@H](CC(N)=O)NC(=O)CC[C@H](NC(=O)[C@H](CCC(N)=O)N(C(=O)CN1C(=O)C=CC1=O)[C@@H](CC(N)=O)C(=O)N[C@@H](CCN(C(=O)CO)[C@@H](c1cc(-c2cc(F)ccc2F)cn1Cc1ccccc1)C(C)(C)C)C(=O)NCCC(=O)N[C@H](CCC(=O)O)C(=O)O)C(=O)O)C(=O)NCCC(=O)N[C@H](CCC(=O)O)C(=O)O)C(=O)CO. The summed E-state index contributed by atoms with van der Waals surface area (Å²) >= 11 is 0. The summed E-state index contributed by atoms with van der Waals surface area (Å²) in [5.74, 6) is -33.0. The number of carboxylic acid groups (broad SMARTS) is 5. The Labute approximate surface area is 826 Å². The van der Waals surface area contributed by atoms with Gasteiger partial charge >= 0.3 is 29.8 Å². The van der Waals surface area contributed by atoms with Crippen LogP contribution < -0.4 is 59.7 Å². The molecular formula is C96H117F4N17O28. The Morgan fingerprint density at radius 2 is 0.766 bits per heavy atom. The van der Waals surface area contributed by atoms with Crippen LogP contribution in [0.1, 0.15) is 166 Å². The fourth-order valence-corrected chi connectivity index (χ4v) is 16.3. The maximum Gasteiger partial charge on any atom is 0.326 e. The van der Waals surface area contributed by atoms with E-state index in [2.05, 4.69) is 37.2 Å². The zero-order chi connectivity index (χ0) is 108. The summed E-state index contributed by atoms with van der Waals surface area (Å²) < 4.78 is 64.7. The minimum atomic E-state index is -2.66. The van der Waals surface area contributed by atoms with E-state index in [1.807, 2.05) is 5.32 Å². The third-order valence-electron chi connectivity index (χ3n) is 23.1. The molecule has 0 aliphatic carbocycles. The number of nitrogens with two attached hydrogens (primary N) is 3. The number of carbonyl (C=O) groups is 21. The van der Waals surface area contributed by atoms with Crippen molar-refractivity contribution in [2.75, 3.05) is 45.9 Å². The molecule has 0 unspecified atom stereocenters. The average molecular weight is 2030 g/mol. The average Bonchev–Trinajstić information content (AvgIpc) is 1.64. The summed E-state index contributed by atoms with van der Waals surface area (Å²) in [7, 11) is 0. The van der Waals surface area contributed by atoms with E-state index in [1.54, 1.807) is 111 Å². The number of imide groups is 1. The number of aliphatic hydroxyl groups excluding tert-OH is 2. The van der Waals surface area contributed by atoms with E-state index in [0.717, 1.165) is 46.2 Å². The van der Waals surface area contributed by atoms with Crippen molar-refractivity contribution in [2.45, 2.75) is 205 Å². The Kier molecular flexibility index (Phi) is 42.9. The van der Waals surface area contributed by atoms with Gasteiger partial charge in [0.15, 0.2) is 0 Å². The van der Waals surface area contributed by atoms with E-state index in [1.165, 1.54) is 24.5 Å². The molecule has 6 aromatic rings. The van der Waals surface area contributed by atoms with E-state index in [0.29, 0.717) is 23.3 Å². The largest absolute Gasteiger partial charge is 0.481 e. The van der Waals surface area contributed by atoms with Gasteiger partial charge in [-0.2, -0.15) is 0 Å². The van der Waals surface area contributed by atoms with Gasteiger partial charge in [0, 0.05) is 136 Å². The second-order valence-corrected chi connectivity index (χ2v) is 36.2. The normalized spacial score (nSPS) is 13.9. The molecule has 21 N–H and O–H groups in total. The first kappa shape index (κ1) is 116. The third kappa shape index (κ3) is 34.9. The van der Waals surface area contributed by atoms with Gasteiger partial charge in [0.25, 0.3) is 11.8 Å². The van der Waals surface area contributed by atoms with Gasteiger partial charge in [0.2, 0.25) is 82.7 Å². The van der Waals surface area contributed by atoms with Crippen molar-refractivity contribution in [3.8, 4) is 22.3 Å². The highest BCUT2D eigenvalue weighted by Gasteiger charge is 2.46. The molecule has 0 saturated heterocycles. The Bertz CT molecular complexity index is 5810. The second-order valence-electron chi connectivity index (χ2n) is 36.2. The number of hydrogen-bond acceptors (Lipinski definition) is 23. The lowest BCUT2D eigenvalue weighted by Crippen LogP contribution is -2.63. The minimum Gasteiger partial charge on any atom is -0.481 e. The number of carboxylic acids is 5. The number of hydrogen-bond donors (Lipinski definition) is 18. The van der Waals surface area contributed by atoms with Crippen LogP contribution >= 0.6 is 0 Å². The molecule has 145 heavy (non-hydrogen) atoms. The van der Waals surface area contributed by atoms with E-state index in [9.17, 15) is 122 Å². The van der Waals surface area contributed by atoms with E-state index in [-0.39, 0.29) is 56.5 Å². The summed E-state index contributed by atoms with van der Waals surface area (Å²) in [5.41, 5.74) is 16.2. The molecule has 49 heteroatoms. The fourth-order valence-electron chi connectivity index (χ4n) is 16.3. The Balaban J connectivity index is 1.26. The molecule has 3 heterocycles. The van der Waals surface area contributed by atoms with Crippen LogP contribution in [0.15, 0.2) is 134 Å². The first-order valence-corrected chi connectivity index (χ1v) is 45.6. The zero-order valence-electron chi connectivity index (χ0n) is 79.9. The molecule has 7 rings (SSSR count). The number of benzene rings is 4. The van der Waals surface area contributed by atoms with Crippen molar-refractivity contribution in [3.63, 3.8) is 0 Å². The summed E-state index contributed by atoms with van der Waals surface area (Å²) in [6.45, 7) is 3.04. The molecule has 1 aliphatic heterocycles. The molecule has 16 amide bonds. The monoisotopic (exact) mass is 2030 g/mol. The molecule has 0 saturated carbocycles. The van der Waals surface area contributed by atoms with Crippen LogP contribution in [-0.2, 0) is 114 Å². The van der Waals surface area contributed by atoms with Crippen LogP contribution in [0.4, 0.5) is 17.6 Å². The molecular weight excluding hydrogens is 1920 g/mol. The standard InChI is InChI=1S/C96H117F4N17O28/c1-95(2,3)85(69-39-54(58-41-56(97)17-19-60(58)99)47-112(69)45-52-13-9-7-10-14-52)114(81(129)50-118)37-33-62(87(135)104-35-31-76(124)106-64(92(140)141)22-29-83(131)132)109-89(137)67(43-73(102)121)108-75(123)26-21-66(94(144)145)111-90(138)68(24-25-72(101)120)117(80(128)49-116-78(126)27-28-79(116)127)71(44-74(103)122)91(139)110-63(88(136)105-36-32-77(125)107-65(93(142)143)23-30-84(133)134)34-38-115(82(130)51-119)86(96(4,5)6)70-40-55(59-42-57(98)18-20-61(59)100)48-113(70)46-53-15-11-8-12-16-53/h7-20,27-28,39-42,47-48,62-68,71,85-86,118-119H,21-26,29-38,43-46,49-51H2,1-6H3,(H2,101,120)(H2,102,121)(H2,103,122)(H,104,135)(H,105,136)(H,106,124)(H,107,125)(H,108,123)(H,109,137)(H,110,139)(H,111,138)(H,131,132)(H,133,134)(H,140,141)(H,142,143)(H,144,145)/t62-,63-,64+,65+,66-,67-,68-,71-,85-,86-/m0/s1. The third-order valence-corrected chi connectivity index (χ3v) is 23.1. The number of primary amides is 3.